The molecular formula is C4H3FN2O. The number of H-pyrrole nitrogens is 1. The highest BCUT2D eigenvalue weighted by atomic mass is 19.1. The van der Waals surface area contributed by atoms with Crippen LogP contribution in [-0.4, -0.2) is 16.3 Å². The third kappa shape index (κ3) is 0.726. The summed E-state index contributed by atoms with van der Waals surface area (Å²) >= 11 is 0. The van der Waals surface area contributed by atoms with Crippen molar-refractivity contribution < 1.29 is 9.18 Å². The average molecular weight is 114 g/mol. The van der Waals surface area contributed by atoms with E-state index in [-0.39, 0.29) is 5.82 Å². The lowest BCUT2D eigenvalue weighted by Crippen LogP contribution is -1.80. The summed E-state index contributed by atoms with van der Waals surface area (Å²) in [6.07, 6.45) is 1.40. The molecular weight excluding hydrogens is 111 g/mol. The molecule has 3 nitrogen and oxygen atoms in total. The predicted octanol–water partition coefficient (Wildman–Crippen LogP) is 0.361. The highest BCUT2D eigenvalue weighted by Crippen LogP contribution is 1.88. The zero-order valence-corrected chi connectivity index (χ0v) is 3.89. The van der Waals surface area contributed by atoms with Gasteiger partial charge in [-0.15, -0.1) is 0 Å². The fourth-order valence-corrected chi connectivity index (χ4v) is 0.373. The van der Waals surface area contributed by atoms with Crippen LogP contribution in [0.2, 0.25) is 0 Å². The number of imidazole rings is 1. The molecule has 0 bridgehead atoms. The van der Waals surface area contributed by atoms with Crippen molar-refractivity contribution in [2.24, 2.45) is 0 Å². The van der Waals surface area contributed by atoms with Gasteiger partial charge in [0.1, 0.15) is 0 Å². The zero-order chi connectivity index (χ0) is 5.98. The minimum Gasteiger partial charge on any atom is -0.313 e. The number of aromatic amines is 1. The summed E-state index contributed by atoms with van der Waals surface area (Å²) in [5, 5.41) is 0. The number of hydrogen-bond donors (Lipinski definition) is 1. The Morgan fingerprint density at radius 3 is 2.88 bits per heavy atom. The largest absolute Gasteiger partial charge is 0.313 e. The number of halogens is 1. The van der Waals surface area contributed by atoms with E-state index in [1.165, 1.54) is 0 Å². The van der Waals surface area contributed by atoms with Gasteiger partial charge in [0.2, 0.25) is 5.95 Å². The first-order valence-corrected chi connectivity index (χ1v) is 1.98. The number of carbonyl (C=O) groups is 1. The second-order valence-electron chi connectivity index (χ2n) is 1.23. The maximum absolute atomic E-state index is 11.8. The lowest BCUT2D eigenvalue weighted by molar-refractivity contribution is 0.111. The van der Waals surface area contributed by atoms with Gasteiger partial charge < -0.3 is 4.98 Å². The fraction of sp³-hybridized carbons (Fsp3) is 0. The summed E-state index contributed by atoms with van der Waals surface area (Å²) in [4.78, 5) is 15.2. The minimum atomic E-state index is -0.591. The van der Waals surface area contributed by atoms with Gasteiger partial charge in [0.25, 0.3) is 0 Å². The van der Waals surface area contributed by atoms with E-state index in [1.54, 1.807) is 0 Å². The molecule has 1 heterocycles. The van der Waals surface area contributed by atoms with Crippen LogP contribution < -0.4 is 0 Å². The quantitative estimate of drug-likeness (QED) is 0.536. The van der Waals surface area contributed by atoms with E-state index >= 15 is 0 Å². The summed E-state index contributed by atoms with van der Waals surface area (Å²) in [5.41, 5.74) is 0. The number of aldehydes is 1. The van der Waals surface area contributed by atoms with Crippen LogP contribution in [0.5, 0.6) is 0 Å². The molecule has 0 fully saturated rings. The van der Waals surface area contributed by atoms with Gasteiger partial charge in [0.05, 0.1) is 6.20 Å². The average Bonchev–Trinajstić information content (AvgIpc) is 2.14. The Balaban J connectivity index is 3.00. The first kappa shape index (κ1) is 4.96. The Morgan fingerprint density at radius 1 is 1.88 bits per heavy atom. The van der Waals surface area contributed by atoms with Crippen molar-refractivity contribution in [2.45, 2.75) is 0 Å². The molecule has 1 aromatic heterocycles. The minimum absolute atomic E-state index is 0.0162. The van der Waals surface area contributed by atoms with Crippen molar-refractivity contribution >= 4 is 6.29 Å². The third-order valence-electron chi connectivity index (χ3n) is 0.676. The highest BCUT2D eigenvalue weighted by Gasteiger charge is 1.93. The molecule has 0 aliphatic carbocycles. The summed E-state index contributed by atoms with van der Waals surface area (Å²) in [6, 6.07) is 0. The van der Waals surface area contributed by atoms with Crippen molar-refractivity contribution in [2.75, 3.05) is 0 Å². The van der Waals surface area contributed by atoms with Crippen LogP contribution in [0.3, 0.4) is 0 Å². The van der Waals surface area contributed by atoms with Crippen LogP contribution >= 0.6 is 0 Å². The number of rotatable bonds is 1. The summed E-state index contributed by atoms with van der Waals surface area (Å²) in [6.45, 7) is 0. The topological polar surface area (TPSA) is 45.8 Å². The molecule has 0 saturated carbocycles. The molecule has 0 aromatic carbocycles. The molecule has 0 spiro atoms. The Kier molecular flexibility index (Phi) is 1.07. The lowest BCUT2D eigenvalue weighted by atomic mass is 10.7. The van der Waals surface area contributed by atoms with E-state index in [1.807, 2.05) is 0 Å². The van der Waals surface area contributed by atoms with Gasteiger partial charge in [-0.05, 0) is 0 Å². The summed E-state index contributed by atoms with van der Waals surface area (Å²) in [5.74, 6) is -0.574. The van der Waals surface area contributed by atoms with Crippen LogP contribution in [0.15, 0.2) is 6.20 Å². The van der Waals surface area contributed by atoms with Gasteiger partial charge in [-0.25, -0.2) is 4.98 Å². The normalized spacial score (nSPS) is 9.12. The molecule has 4 heteroatoms. The van der Waals surface area contributed by atoms with Gasteiger partial charge in [-0.1, -0.05) is 0 Å². The van der Waals surface area contributed by atoms with Crippen LogP contribution in [0.25, 0.3) is 0 Å². The standard InChI is InChI=1S/C4H3FN2O/c5-3-1-6-4(2-8)7-3/h1-2H,(H,6,7). The molecule has 0 atom stereocenters. The number of aromatic nitrogens is 2. The van der Waals surface area contributed by atoms with Gasteiger partial charge in [-0.2, -0.15) is 4.39 Å². The van der Waals surface area contributed by atoms with Gasteiger partial charge in [-0.3, -0.25) is 4.79 Å². The Bertz CT molecular complexity index is 196. The van der Waals surface area contributed by atoms with E-state index in [0.717, 1.165) is 6.20 Å². The molecule has 42 valence electrons. The SMILES string of the molecule is O=Cc1ncc(F)[nH]1. The Labute approximate surface area is 44.6 Å². The van der Waals surface area contributed by atoms with E-state index in [9.17, 15) is 9.18 Å². The zero-order valence-electron chi connectivity index (χ0n) is 3.89. The van der Waals surface area contributed by atoms with Gasteiger partial charge in [0.15, 0.2) is 12.1 Å². The molecule has 1 N–H and O–H groups in total. The van der Waals surface area contributed by atoms with E-state index in [4.69, 9.17) is 0 Å². The monoisotopic (exact) mass is 114 g/mol. The van der Waals surface area contributed by atoms with E-state index in [2.05, 4.69) is 9.97 Å². The predicted molar refractivity (Wildman–Crippen MR) is 23.9 cm³/mol. The molecule has 0 radical (unpaired) electrons. The van der Waals surface area contributed by atoms with Gasteiger partial charge >= 0.3 is 0 Å². The number of hydrogen-bond acceptors (Lipinski definition) is 2. The molecule has 1 aromatic rings. The molecule has 1 rings (SSSR count). The van der Waals surface area contributed by atoms with Crippen molar-refractivity contribution in [1.82, 2.24) is 9.97 Å². The van der Waals surface area contributed by atoms with Crippen LogP contribution in [0.4, 0.5) is 4.39 Å². The molecule has 0 aliphatic heterocycles. The highest BCUT2D eigenvalue weighted by molar-refractivity contribution is 5.68. The Hall–Kier alpha value is -1.19. The number of carbonyl (C=O) groups excluding carboxylic acids is 1. The maximum Gasteiger partial charge on any atom is 0.211 e. The molecule has 0 saturated heterocycles. The molecule has 8 heavy (non-hydrogen) atoms. The van der Waals surface area contributed by atoms with E-state index < -0.39 is 5.95 Å². The van der Waals surface area contributed by atoms with Crippen molar-refractivity contribution in [3.05, 3.63) is 18.0 Å². The van der Waals surface area contributed by atoms with Crippen LogP contribution in [-0.2, 0) is 0 Å². The first-order chi connectivity index (χ1) is 3.83. The molecule has 0 aliphatic rings. The first-order valence-electron chi connectivity index (χ1n) is 1.98. The lowest BCUT2D eigenvalue weighted by Gasteiger charge is -1.71. The molecule has 0 amide bonds. The molecule has 0 unspecified atom stereocenters. The second kappa shape index (κ2) is 1.73. The summed E-state index contributed by atoms with van der Waals surface area (Å²) in [7, 11) is 0. The number of nitrogens with one attached hydrogen (secondary N) is 1. The van der Waals surface area contributed by atoms with Gasteiger partial charge in [0, 0.05) is 0 Å². The smallest absolute Gasteiger partial charge is 0.211 e. The van der Waals surface area contributed by atoms with E-state index in [0.29, 0.717) is 6.29 Å². The van der Waals surface area contributed by atoms with Crippen LogP contribution in [0, 0.1) is 5.95 Å². The van der Waals surface area contributed by atoms with Crippen LogP contribution in [0.1, 0.15) is 10.6 Å². The van der Waals surface area contributed by atoms with Crippen molar-refractivity contribution in [1.29, 1.82) is 0 Å². The third-order valence-corrected chi connectivity index (χ3v) is 0.676. The Morgan fingerprint density at radius 2 is 2.62 bits per heavy atom. The fourth-order valence-electron chi connectivity index (χ4n) is 0.373. The van der Waals surface area contributed by atoms with Crippen molar-refractivity contribution in [3.63, 3.8) is 0 Å². The number of nitrogens with zero attached hydrogens (tertiary/aromatic N) is 1. The summed E-state index contributed by atoms with van der Waals surface area (Å²) < 4.78 is 11.8. The second-order valence-corrected chi connectivity index (χ2v) is 1.23. The maximum atomic E-state index is 11.8. The van der Waals surface area contributed by atoms with Crippen molar-refractivity contribution in [3.8, 4) is 0 Å².